The Labute approximate surface area is 105 Å². The van der Waals surface area contributed by atoms with Gasteiger partial charge >= 0.3 is 0 Å². The lowest BCUT2D eigenvalue weighted by Crippen LogP contribution is -2.46. The second kappa shape index (κ2) is 6.12. The maximum atomic E-state index is 6.25. The Hall–Kier alpha value is -0.930. The van der Waals surface area contributed by atoms with Gasteiger partial charge in [0.1, 0.15) is 0 Å². The smallest absolute Gasteiger partial charge is 0.0547 e. The number of hydrogen-bond acceptors (Lipinski definition) is 3. The van der Waals surface area contributed by atoms with E-state index >= 15 is 0 Å². The Bertz CT molecular complexity index is 347. The van der Waals surface area contributed by atoms with E-state index in [0.29, 0.717) is 0 Å². The first-order valence-electron chi connectivity index (χ1n) is 6.33. The lowest BCUT2D eigenvalue weighted by Gasteiger charge is -2.29. The standard InChI is InChI=1S/C14H25N3/c1-5-9-14(3,15)11-17(4)10-13-8-6-7-12(2)16-13/h6-8H,5,9-11,15H2,1-4H3. The largest absolute Gasteiger partial charge is 0.324 e. The summed E-state index contributed by atoms with van der Waals surface area (Å²) in [6.45, 7) is 8.08. The third-order valence-corrected chi connectivity index (χ3v) is 2.83. The van der Waals surface area contributed by atoms with Gasteiger partial charge in [0.05, 0.1) is 5.69 Å². The van der Waals surface area contributed by atoms with Crippen molar-refractivity contribution in [2.24, 2.45) is 5.73 Å². The number of hydrogen-bond donors (Lipinski definition) is 1. The molecule has 0 saturated carbocycles. The molecule has 96 valence electrons. The van der Waals surface area contributed by atoms with Crippen LogP contribution in [0.15, 0.2) is 18.2 Å². The average Bonchev–Trinajstić information content (AvgIpc) is 2.15. The van der Waals surface area contributed by atoms with Gasteiger partial charge in [-0.15, -0.1) is 0 Å². The molecular weight excluding hydrogens is 210 g/mol. The van der Waals surface area contributed by atoms with Crippen molar-refractivity contribution >= 4 is 0 Å². The van der Waals surface area contributed by atoms with Gasteiger partial charge < -0.3 is 5.73 Å². The molecule has 1 rings (SSSR count). The van der Waals surface area contributed by atoms with E-state index in [2.05, 4.69) is 42.9 Å². The minimum absolute atomic E-state index is 0.104. The van der Waals surface area contributed by atoms with Gasteiger partial charge in [0, 0.05) is 24.3 Å². The third-order valence-electron chi connectivity index (χ3n) is 2.83. The maximum Gasteiger partial charge on any atom is 0.0547 e. The fourth-order valence-corrected chi connectivity index (χ4v) is 2.29. The highest BCUT2D eigenvalue weighted by Gasteiger charge is 2.19. The number of likely N-dealkylation sites (N-methyl/N-ethyl adjacent to an activating group) is 1. The number of aryl methyl sites for hydroxylation is 1. The summed E-state index contributed by atoms with van der Waals surface area (Å²) in [4.78, 5) is 6.75. The van der Waals surface area contributed by atoms with E-state index in [0.717, 1.165) is 37.3 Å². The molecular formula is C14H25N3. The van der Waals surface area contributed by atoms with Gasteiger partial charge in [0.15, 0.2) is 0 Å². The van der Waals surface area contributed by atoms with Crippen LogP contribution in [0.5, 0.6) is 0 Å². The van der Waals surface area contributed by atoms with Crippen molar-refractivity contribution in [3.8, 4) is 0 Å². The van der Waals surface area contributed by atoms with Crippen molar-refractivity contribution in [3.63, 3.8) is 0 Å². The number of nitrogens with two attached hydrogens (primary N) is 1. The van der Waals surface area contributed by atoms with Gasteiger partial charge in [-0.2, -0.15) is 0 Å². The molecule has 1 aromatic rings. The molecule has 3 heteroatoms. The predicted molar refractivity (Wildman–Crippen MR) is 72.8 cm³/mol. The first-order chi connectivity index (χ1) is 7.93. The van der Waals surface area contributed by atoms with Crippen molar-refractivity contribution < 1.29 is 0 Å². The number of aromatic nitrogens is 1. The summed E-state index contributed by atoms with van der Waals surface area (Å²) in [5, 5.41) is 0. The second-order valence-corrected chi connectivity index (χ2v) is 5.35. The highest BCUT2D eigenvalue weighted by molar-refractivity contribution is 5.09. The Morgan fingerprint density at radius 1 is 1.41 bits per heavy atom. The maximum absolute atomic E-state index is 6.25. The van der Waals surface area contributed by atoms with Crippen molar-refractivity contribution in [3.05, 3.63) is 29.6 Å². The molecule has 0 radical (unpaired) electrons. The first kappa shape index (κ1) is 14.1. The molecule has 0 saturated heterocycles. The third kappa shape index (κ3) is 5.29. The van der Waals surface area contributed by atoms with Crippen LogP contribution in [0.2, 0.25) is 0 Å². The van der Waals surface area contributed by atoms with Crippen LogP contribution in [0.1, 0.15) is 38.1 Å². The molecule has 1 aromatic heterocycles. The van der Waals surface area contributed by atoms with Crippen LogP contribution < -0.4 is 5.73 Å². The molecule has 1 unspecified atom stereocenters. The van der Waals surface area contributed by atoms with Gasteiger partial charge in [-0.05, 0) is 39.4 Å². The summed E-state index contributed by atoms with van der Waals surface area (Å²) in [5.41, 5.74) is 8.33. The van der Waals surface area contributed by atoms with E-state index in [1.165, 1.54) is 0 Å². The molecule has 1 heterocycles. The summed E-state index contributed by atoms with van der Waals surface area (Å²) in [6, 6.07) is 6.14. The van der Waals surface area contributed by atoms with Crippen LogP contribution in [-0.2, 0) is 6.54 Å². The van der Waals surface area contributed by atoms with Crippen molar-refractivity contribution in [2.75, 3.05) is 13.6 Å². The lowest BCUT2D eigenvalue weighted by molar-refractivity contribution is 0.239. The van der Waals surface area contributed by atoms with Crippen LogP contribution in [-0.4, -0.2) is 29.0 Å². The summed E-state index contributed by atoms with van der Waals surface area (Å²) in [7, 11) is 2.10. The summed E-state index contributed by atoms with van der Waals surface area (Å²) in [6.07, 6.45) is 2.18. The van der Waals surface area contributed by atoms with E-state index in [1.807, 2.05) is 13.0 Å². The van der Waals surface area contributed by atoms with E-state index < -0.39 is 0 Å². The topological polar surface area (TPSA) is 42.1 Å². The highest BCUT2D eigenvalue weighted by Crippen LogP contribution is 2.11. The van der Waals surface area contributed by atoms with Crippen molar-refractivity contribution in [1.82, 2.24) is 9.88 Å². The summed E-state index contributed by atoms with van der Waals surface area (Å²) < 4.78 is 0. The molecule has 2 N–H and O–H groups in total. The first-order valence-corrected chi connectivity index (χ1v) is 6.33. The average molecular weight is 235 g/mol. The van der Waals surface area contributed by atoms with Crippen molar-refractivity contribution in [2.45, 2.75) is 45.7 Å². The van der Waals surface area contributed by atoms with Gasteiger partial charge in [-0.1, -0.05) is 19.4 Å². The van der Waals surface area contributed by atoms with Crippen molar-refractivity contribution in [1.29, 1.82) is 0 Å². The monoisotopic (exact) mass is 235 g/mol. The molecule has 3 nitrogen and oxygen atoms in total. The molecule has 0 aliphatic rings. The fraction of sp³-hybridized carbons (Fsp3) is 0.643. The van der Waals surface area contributed by atoms with Gasteiger partial charge in [0.2, 0.25) is 0 Å². The van der Waals surface area contributed by atoms with Crippen LogP contribution in [0, 0.1) is 6.92 Å². The second-order valence-electron chi connectivity index (χ2n) is 5.35. The molecule has 0 bridgehead atoms. The Morgan fingerprint density at radius 2 is 2.12 bits per heavy atom. The minimum atomic E-state index is -0.104. The molecule has 17 heavy (non-hydrogen) atoms. The van der Waals surface area contributed by atoms with Crippen LogP contribution in [0.3, 0.4) is 0 Å². The highest BCUT2D eigenvalue weighted by atomic mass is 15.1. The molecule has 0 spiro atoms. The van der Waals surface area contributed by atoms with Crippen LogP contribution in [0.25, 0.3) is 0 Å². The summed E-state index contributed by atoms with van der Waals surface area (Å²) >= 11 is 0. The van der Waals surface area contributed by atoms with Crippen LogP contribution >= 0.6 is 0 Å². The predicted octanol–water partition coefficient (Wildman–Crippen LogP) is 2.34. The Kier molecular flexibility index (Phi) is 5.09. The SMILES string of the molecule is CCCC(C)(N)CN(C)Cc1cccc(C)n1. The molecule has 0 aliphatic carbocycles. The zero-order valence-electron chi connectivity index (χ0n) is 11.5. The molecule has 0 aromatic carbocycles. The molecule has 0 amide bonds. The fourth-order valence-electron chi connectivity index (χ4n) is 2.29. The number of pyridine rings is 1. The van der Waals surface area contributed by atoms with Crippen LogP contribution in [0.4, 0.5) is 0 Å². The zero-order valence-corrected chi connectivity index (χ0v) is 11.5. The van der Waals surface area contributed by atoms with Gasteiger partial charge in [0.25, 0.3) is 0 Å². The Balaban J connectivity index is 2.52. The zero-order chi connectivity index (χ0) is 12.9. The van der Waals surface area contributed by atoms with E-state index in [1.54, 1.807) is 0 Å². The van der Waals surface area contributed by atoms with Gasteiger partial charge in [-0.25, -0.2) is 0 Å². The lowest BCUT2D eigenvalue weighted by atomic mass is 9.97. The molecule has 0 fully saturated rings. The van der Waals surface area contributed by atoms with Gasteiger partial charge in [-0.3, -0.25) is 9.88 Å². The normalized spacial score (nSPS) is 14.9. The minimum Gasteiger partial charge on any atom is -0.324 e. The molecule has 0 aliphatic heterocycles. The number of nitrogens with zero attached hydrogens (tertiary/aromatic N) is 2. The summed E-state index contributed by atoms with van der Waals surface area (Å²) in [5.74, 6) is 0. The molecule has 1 atom stereocenters. The number of rotatable bonds is 6. The quantitative estimate of drug-likeness (QED) is 0.823. The Morgan fingerprint density at radius 3 is 2.71 bits per heavy atom. The van der Waals surface area contributed by atoms with E-state index in [4.69, 9.17) is 5.73 Å². The van der Waals surface area contributed by atoms with E-state index in [-0.39, 0.29) is 5.54 Å². The van der Waals surface area contributed by atoms with E-state index in [9.17, 15) is 0 Å².